The first-order chi connectivity index (χ1) is 14.7. The first-order valence-electron chi connectivity index (χ1n) is 10.0. The van der Waals surface area contributed by atoms with E-state index in [2.05, 4.69) is 16.7 Å². The SMILES string of the molecule is CCOC(=O)c1cc(OCc2ccccc2)c2nc(C)n(Cc3ccccc3)c2c1. The minimum Gasteiger partial charge on any atom is -0.487 e. The van der Waals surface area contributed by atoms with Crippen LogP contribution in [-0.2, 0) is 17.9 Å². The summed E-state index contributed by atoms with van der Waals surface area (Å²) in [6.45, 7) is 5.14. The largest absolute Gasteiger partial charge is 0.487 e. The number of carbonyl (C=O) groups is 1. The molecule has 152 valence electrons. The summed E-state index contributed by atoms with van der Waals surface area (Å²) < 4.78 is 13.4. The van der Waals surface area contributed by atoms with Gasteiger partial charge < -0.3 is 14.0 Å². The van der Waals surface area contributed by atoms with E-state index in [-0.39, 0.29) is 5.97 Å². The second-order valence-corrected chi connectivity index (χ2v) is 7.07. The number of aromatic nitrogens is 2. The Hall–Kier alpha value is -3.60. The van der Waals surface area contributed by atoms with Crippen LogP contribution in [0.2, 0.25) is 0 Å². The van der Waals surface area contributed by atoms with Gasteiger partial charge in [0.2, 0.25) is 0 Å². The average molecular weight is 400 g/mol. The number of hydrogen-bond acceptors (Lipinski definition) is 4. The molecule has 0 fully saturated rings. The molecule has 4 rings (SSSR count). The van der Waals surface area contributed by atoms with Crippen molar-refractivity contribution in [1.29, 1.82) is 0 Å². The molecule has 30 heavy (non-hydrogen) atoms. The Balaban J connectivity index is 1.76. The fraction of sp³-hybridized carbons (Fsp3) is 0.200. The van der Waals surface area contributed by atoms with E-state index in [0.29, 0.717) is 31.1 Å². The Bertz CT molecular complexity index is 1150. The third kappa shape index (κ3) is 4.20. The van der Waals surface area contributed by atoms with Gasteiger partial charge in [-0.15, -0.1) is 0 Å². The van der Waals surface area contributed by atoms with Crippen molar-refractivity contribution >= 4 is 17.0 Å². The molecular weight excluding hydrogens is 376 g/mol. The van der Waals surface area contributed by atoms with E-state index in [1.54, 1.807) is 13.0 Å². The Kier molecular flexibility index (Phi) is 5.80. The number of hydrogen-bond donors (Lipinski definition) is 0. The van der Waals surface area contributed by atoms with Gasteiger partial charge in [-0.25, -0.2) is 9.78 Å². The molecule has 4 aromatic rings. The van der Waals surface area contributed by atoms with Gasteiger partial charge in [0.05, 0.1) is 17.7 Å². The van der Waals surface area contributed by atoms with Crippen molar-refractivity contribution < 1.29 is 14.3 Å². The molecule has 0 aliphatic heterocycles. The van der Waals surface area contributed by atoms with Gasteiger partial charge in [-0.2, -0.15) is 0 Å². The minimum absolute atomic E-state index is 0.319. The maximum absolute atomic E-state index is 12.5. The van der Waals surface area contributed by atoms with E-state index in [4.69, 9.17) is 14.5 Å². The molecule has 0 N–H and O–H groups in total. The molecule has 3 aromatic carbocycles. The molecule has 0 radical (unpaired) electrons. The summed E-state index contributed by atoms with van der Waals surface area (Å²) >= 11 is 0. The van der Waals surface area contributed by atoms with E-state index in [1.807, 2.05) is 61.5 Å². The maximum atomic E-state index is 12.5. The van der Waals surface area contributed by atoms with Gasteiger partial charge >= 0.3 is 5.97 Å². The van der Waals surface area contributed by atoms with Crippen LogP contribution in [-0.4, -0.2) is 22.1 Å². The fourth-order valence-corrected chi connectivity index (χ4v) is 3.45. The van der Waals surface area contributed by atoms with Crippen LogP contribution in [0.3, 0.4) is 0 Å². The van der Waals surface area contributed by atoms with Crippen LogP contribution in [0.15, 0.2) is 72.8 Å². The highest BCUT2D eigenvalue weighted by Crippen LogP contribution is 2.30. The first-order valence-corrected chi connectivity index (χ1v) is 10.0. The van der Waals surface area contributed by atoms with Crippen LogP contribution >= 0.6 is 0 Å². The van der Waals surface area contributed by atoms with E-state index in [0.717, 1.165) is 28.0 Å². The van der Waals surface area contributed by atoms with Gasteiger partial charge in [0.15, 0.2) is 0 Å². The number of aryl methyl sites for hydroxylation is 1. The lowest BCUT2D eigenvalue weighted by atomic mass is 10.1. The number of imidazole rings is 1. The molecule has 5 heteroatoms. The summed E-state index contributed by atoms with van der Waals surface area (Å²) in [5, 5.41) is 0. The minimum atomic E-state index is -0.367. The summed E-state index contributed by atoms with van der Waals surface area (Å²) in [5.74, 6) is 1.07. The number of benzene rings is 3. The first kappa shape index (κ1) is 19.7. The van der Waals surface area contributed by atoms with E-state index in [9.17, 15) is 4.79 Å². The predicted molar refractivity (Wildman–Crippen MR) is 117 cm³/mol. The number of fused-ring (bicyclic) bond motifs is 1. The molecule has 0 saturated carbocycles. The van der Waals surface area contributed by atoms with Crippen molar-refractivity contribution in [2.45, 2.75) is 27.0 Å². The van der Waals surface area contributed by atoms with Crippen LogP contribution in [0.4, 0.5) is 0 Å². The van der Waals surface area contributed by atoms with Crippen molar-refractivity contribution in [3.63, 3.8) is 0 Å². The molecule has 0 amide bonds. The van der Waals surface area contributed by atoms with Gasteiger partial charge in [-0.05, 0) is 37.1 Å². The number of nitrogens with zero attached hydrogens (tertiary/aromatic N) is 2. The zero-order valence-corrected chi connectivity index (χ0v) is 17.2. The van der Waals surface area contributed by atoms with Crippen LogP contribution in [0, 0.1) is 6.92 Å². The Morgan fingerprint density at radius 2 is 1.63 bits per heavy atom. The van der Waals surface area contributed by atoms with E-state index < -0.39 is 0 Å². The molecule has 0 bridgehead atoms. The highest BCUT2D eigenvalue weighted by Gasteiger charge is 2.18. The number of ether oxygens (including phenoxy) is 2. The van der Waals surface area contributed by atoms with Gasteiger partial charge in [0.25, 0.3) is 0 Å². The van der Waals surface area contributed by atoms with Gasteiger partial charge in [-0.3, -0.25) is 0 Å². The standard InChI is InChI=1S/C25H24N2O3/c1-3-29-25(28)21-14-22-24(23(15-21)30-17-20-12-8-5-9-13-20)26-18(2)27(22)16-19-10-6-4-7-11-19/h4-15H,3,16-17H2,1-2H3. The van der Waals surface area contributed by atoms with Crippen LogP contribution in [0.5, 0.6) is 5.75 Å². The monoisotopic (exact) mass is 400 g/mol. The number of rotatable bonds is 7. The number of carbonyl (C=O) groups excluding carboxylic acids is 1. The molecule has 0 unspecified atom stereocenters. The Morgan fingerprint density at radius 3 is 2.30 bits per heavy atom. The molecule has 0 atom stereocenters. The third-order valence-corrected chi connectivity index (χ3v) is 4.94. The molecule has 0 spiro atoms. The fourth-order valence-electron chi connectivity index (χ4n) is 3.45. The molecule has 5 nitrogen and oxygen atoms in total. The van der Waals surface area contributed by atoms with Crippen molar-refractivity contribution in [1.82, 2.24) is 9.55 Å². The van der Waals surface area contributed by atoms with Crippen molar-refractivity contribution in [2.24, 2.45) is 0 Å². The van der Waals surface area contributed by atoms with Crippen molar-refractivity contribution in [2.75, 3.05) is 6.61 Å². The predicted octanol–water partition coefficient (Wildman–Crippen LogP) is 5.15. The summed E-state index contributed by atoms with van der Waals surface area (Å²) in [6.07, 6.45) is 0. The highest BCUT2D eigenvalue weighted by atomic mass is 16.5. The van der Waals surface area contributed by atoms with Crippen LogP contribution < -0.4 is 4.74 Å². The lowest BCUT2D eigenvalue weighted by molar-refractivity contribution is 0.0526. The van der Waals surface area contributed by atoms with Gasteiger partial charge in [-0.1, -0.05) is 60.7 Å². The molecule has 1 aromatic heterocycles. The lowest BCUT2D eigenvalue weighted by Gasteiger charge is -2.11. The second-order valence-electron chi connectivity index (χ2n) is 7.07. The Labute approximate surface area is 175 Å². The Morgan fingerprint density at radius 1 is 0.967 bits per heavy atom. The molecule has 1 heterocycles. The topological polar surface area (TPSA) is 53.4 Å². The van der Waals surface area contributed by atoms with E-state index in [1.165, 1.54) is 0 Å². The molecule has 0 aliphatic rings. The summed E-state index contributed by atoms with van der Waals surface area (Å²) in [5.41, 5.74) is 4.26. The average Bonchev–Trinajstić information content (AvgIpc) is 3.09. The van der Waals surface area contributed by atoms with Gasteiger partial charge in [0.1, 0.15) is 23.7 Å². The van der Waals surface area contributed by atoms with Crippen LogP contribution in [0.25, 0.3) is 11.0 Å². The third-order valence-electron chi connectivity index (χ3n) is 4.94. The second kappa shape index (κ2) is 8.82. The smallest absolute Gasteiger partial charge is 0.338 e. The maximum Gasteiger partial charge on any atom is 0.338 e. The quantitative estimate of drug-likeness (QED) is 0.403. The van der Waals surface area contributed by atoms with Crippen LogP contribution in [0.1, 0.15) is 34.2 Å². The molecular formula is C25H24N2O3. The van der Waals surface area contributed by atoms with Gasteiger partial charge in [0, 0.05) is 6.54 Å². The van der Waals surface area contributed by atoms with Crippen molar-refractivity contribution in [3.05, 3.63) is 95.3 Å². The lowest BCUT2D eigenvalue weighted by Crippen LogP contribution is -2.07. The summed E-state index contributed by atoms with van der Waals surface area (Å²) in [6, 6.07) is 23.7. The van der Waals surface area contributed by atoms with E-state index >= 15 is 0 Å². The summed E-state index contributed by atoms with van der Waals surface area (Å²) in [4.78, 5) is 17.2. The number of esters is 1. The van der Waals surface area contributed by atoms with Crippen molar-refractivity contribution in [3.8, 4) is 5.75 Å². The zero-order chi connectivity index (χ0) is 20.9. The normalized spacial score (nSPS) is 10.9. The molecule has 0 aliphatic carbocycles. The molecule has 0 saturated heterocycles. The summed E-state index contributed by atoms with van der Waals surface area (Å²) in [7, 11) is 0. The zero-order valence-electron chi connectivity index (χ0n) is 17.2. The highest BCUT2D eigenvalue weighted by molar-refractivity contribution is 5.96.